The number of carbonyl (C=O) groups is 1. The van der Waals surface area contributed by atoms with Crippen LogP contribution >= 0.6 is 11.8 Å². The predicted octanol–water partition coefficient (Wildman–Crippen LogP) is 3.01. The van der Waals surface area contributed by atoms with Crippen LogP contribution in [0.25, 0.3) is 0 Å². The lowest BCUT2D eigenvalue weighted by atomic mass is 10.2. The molecule has 104 valence electrons. The molecule has 2 aromatic heterocycles. The van der Waals surface area contributed by atoms with Crippen molar-refractivity contribution in [3.63, 3.8) is 0 Å². The first-order valence-corrected chi connectivity index (χ1v) is 7.71. The molecule has 4 nitrogen and oxygen atoms in total. The van der Waals surface area contributed by atoms with Crippen LogP contribution < -0.4 is 0 Å². The molecule has 1 atom stereocenters. The lowest BCUT2D eigenvalue weighted by Crippen LogP contribution is -2.27. The summed E-state index contributed by atoms with van der Waals surface area (Å²) in [6.07, 6.45) is 4.37. The molecule has 1 unspecified atom stereocenters. The molecule has 0 radical (unpaired) electrons. The first-order chi connectivity index (χ1) is 9.78. The van der Waals surface area contributed by atoms with Crippen molar-refractivity contribution < 1.29 is 9.21 Å². The van der Waals surface area contributed by atoms with E-state index >= 15 is 0 Å². The van der Waals surface area contributed by atoms with Gasteiger partial charge in [-0.05, 0) is 29.8 Å². The van der Waals surface area contributed by atoms with Gasteiger partial charge in [0.25, 0.3) is 0 Å². The van der Waals surface area contributed by atoms with Gasteiger partial charge in [0.15, 0.2) is 0 Å². The second-order valence-electron chi connectivity index (χ2n) is 4.70. The molecule has 1 fully saturated rings. The molecular formula is C15H16N2O2S. The highest BCUT2D eigenvalue weighted by atomic mass is 32.2. The molecule has 0 bridgehead atoms. The minimum absolute atomic E-state index is 0.0176. The summed E-state index contributed by atoms with van der Waals surface area (Å²) in [5, 5.41) is -0.0176. The van der Waals surface area contributed by atoms with Crippen molar-refractivity contribution in [2.45, 2.75) is 25.3 Å². The highest BCUT2D eigenvalue weighted by Gasteiger charge is 2.34. The first kappa shape index (κ1) is 13.2. The van der Waals surface area contributed by atoms with Crippen LogP contribution in [-0.2, 0) is 17.8 Å². The molecule has 1 aliphatic heterocycles. The molecule has 5 heteroatoms. The van der Waals surface area contributed by atoms with E-state index in [2.05, 4.69) is 11.9 Å². The number of rotatable bonds is 4. The minimum Gasteiger partial charge on any atom is -0.463 e. The molecule has 20 heavy (non-hydrogen) atoms. The summed E-state index contributed by atoms with van der Waals surface area (Å²) in [6.45, 7) is 2.66. The van der Waals surface area contributed by atoms with Crippen molar-refractivity contribution in [1.82, 2.24) is 9.88 Å². The number of carbonyl (C=O) groups excluding carboxylic acids is 1. The zero-order chi connectivity index (χ0) is 13.9. The molecule has 0 saturated carbocycles. The molecule has 1 amide bonds. The lowest BCUT2D eigenvalue weighted by Gasteiger charge is -2.22. The van der Waals surface area contributed by atoms with Gasteiger partial charge in [-0.1, -0.05) is 6.92 Å². The van der Waals surface area contributed by atoms with Gasteiger partial charge >= 0.3 is 0 Å². The van der Waals surface area contributed by atoms with Crippen molar-refractivity contribution in [3.8, 4) is 0 Å². The molecule has 2 aromatic rings. The zero-order valence-electron chi connectivity index (χ0n) is 11.3. The maximum atomic E-state index is 12.1. The summed E-state index contributed by atoms with van der Waals surface area (Å²) in [7, 11) is 0. The quantitative estimate of drug-likeness (QED) is 0.867. The van der Waals surface area contributed by atoms with Gasteiger partial charge in [-0.3, -0.25) is 9.78 Å². The molecule has 0 N–H and O–H groups in total. The van der Waals surface area contributed by atoms with Gasteiger partial charge in [-0.25, -0.2) is 0 Å². The summed E-state index contributed by atoms with van der Waals surface area (Å²) in [6, 6.07) is 7.85. The van der Waals surface area contributed by atoms with E-state index in [4.69, 9.17) is 4.42 Å². The van der Waals surface area contributed by atoms with Crippen LogP contribution in [0.2, 0.25) is 0 Å². The van der Waals surface area contributed by atoms with Crippen molar-refractivity contribution >= 4 is 17.7 Å². The largest absolute Gasteiger partial charge is 0.463 e. The second kappa shape index (κ2) is 5.71. The maximum absolute atomic E-state index is 12.1. The molecule has 1 aliphatic rings. The fourth-order valence-corrected chi connectivity index (χ4v) is 3.39. The van der Waals surface area contributed by atoms with Gasteiger partial charge in [0.1, 0.15) is 16.9 Å². The summed E-state index contributed by atoms with van der Waals surface area (Å²) in [5.74, 6) is 2.50. The minimum atomic E-state index is -0.0176. The number of pyridine rings is 1. The van der Waals surface area contributed by atoms with Crippen LogP contribution in [0.4, 0.5) is 0 Å². The number of hydrogen-bond acceptors (Lipinski definition) is 4. The Bertz CT molecular complexity index is 597. The number of aryl methyl sites for hydroxylation is 1. The molecule has 1 saturated heterocycles. The Morgan fingerprint density at radius 3 is 2.85 bits per heavy atom. The van der Waals surface area contributed by atoms with Gasteiger partial charge in [0.2, 0.25) is 5.91 Å². The van der Waals surface area contributed by atoms with Crippen LogP contribution in [0.5, 0.6) is 0 Å². The molecule has 0 aliphatic carbocycles. The molecule has 3 heterocycles. The van der Waals surface area contributed by atoms with Crippen molar-refractivity contribution in [1.29, 1.82) is 0 Å². The van der Waals surface area contributed by atoms with E-state index in [9.17, 15) is 4.79 Å². The Kier molecular flexibility index (Phi) is 3.78. The highest BCUT2D eigenvalue weighted by Crippen LogP contribution is 2.40. The zero-order valence-corrected chi connectivity index (χ0v) is 12.1. The number of nitrogens with zero attached hydrogens (tertiary/aromatic N) is 2. The van der Waals surface area contributed by atoms with Gasteiger partial charge in [0, 0.05) is 25.4 Å². The van der Waals surface area contributed by atoms with E-state index in [-0.39, 0.29) is 11.3 Å². The molecule has 3 rings (SSSR count). The van der Waals surface area contributed by atoms with Gasteiger partial charge in [0.05, 0.1) is 5.75 Å². The summed E-state index contributed by atoms with van der Waals surface area (Å²) in [4.78, 5) is 18.0. The van der Waals surface area contributed by atoms with E-state index < -0.39 is 0 Å². The summed E-state index contributed by atoms with van der Waals surface area (Å²) >= 11 is 1.62. The molecule has 0 spiro atoms. The fourth-order valence-electron chi connectivity index (χ4n) is 2.26. The van der Waals surface area contributed by atoms with E-state index in [1.54, 1.807) is 24.2 Å². The van der Waals surface area contributed by atoms with Crippen LogP contribution in [0, 0.1) is 0 Å². The Morgan fingerprint density at radius 2 is 2.15 bits per heavy atom. The number of amides is 1. The van der Waals surface area contributed by atoms with Crippen LogP contribution in [0.3, 0.4) is 0 Å². The van der Waals surface area contributed by atoms with E-state index in [1.807, 2.05) is 29.2 Å². The van der Waals surface area contributed by atoms with Gasteiger partial charge < -0.3 is 9.32 Å². The Labute approximate surface area is 122 Å². The van der Waals surface area contributed by atoms with Crippen molar-refractivity contribution in [2.24, 2.45) is 0 Å². The summed E-state index contributed by atoms with van der Waals surface area (Å²) < 4.78 is 5.81. The van der Waals surface area contributed by atoms with E-state index in [0.717, 1.165) is 23.5 Å². The van der Waals surface area contributed by atoms with Crippen LogP contribution in [-0.4, -0.2) is 21.5 Å². The lowest BCUT2D eigenvalue weighted by molar-refractivity contribution is -0.128. The number of furan rings is 1. The number of hydrogen-bond donors (Lipinski definition) is 0. The van der Waals surface area contributed by atoms with Gasteiger partial charge in [-0.15, -0.1) is 11.8 Å². The first-order valence-electron chi connectivity index (χ1n) is 6.66. The van der Waals surface area contributed by atoms with E-state index in [0.29, 0.717) is 12.3 Å². The monoisotopic (exact) mass is 288 g/mol. The summed E-state index contributed by atoms with van der Waals surface area (Å²) in [5.41, 5.74) is 1.09. The molecular weight excluding hydrogens is 272 g/mol. The average molecular weight is 288 g/mol. The third-order valence-electron chi connectivity index (χ3n) is 3.34. The normalized spacial score (nSPS) is 18.8. The Balaban J connectivity index is 1.81. The third-order valence-corrected chi connectivity index (χ3v) is 4.56. The van der Waals surface area contributed by atoms with Crippen molar-refractivity contribution in [2.75, 3.05) is 5.75 Å². The molecule has 0 aromatic carbocycles. The third kappa shape index (κ3) is 2.58. The predicted molar refractivity (Wildman–Crippen MR) is 78.1 cm³/mol. The van der Waals surface area contributed by atoms with Gasteiger partial charge in [-0.2, -0.15) is 0 Å². The average Bonchev–Trinajstić information content (AvgIpc) is 3.08. The standard InChI is InChI=1S/C15H16N2O2S/c1-2-12-3-4-13(19-12)15-17(14(18)10-20-15)9-11-5-7-16-8-6-11/h3-8,15H,2,9-10H2,1H3. The second-order valence-corrected chi connectivity index (χ2v) is 5.77. The fraction of sp³-hybridized carbons (Fsp3) is 0.333. The van der Waals surface area contributed by atoms with Crippen molar-refractivity contribution in [3.05, 3.63) is 53.7 Å². The maximum Gasteiger partial charge on any atom is 0.234 e. The SMILES string of the molecule is CCc1ccc(C2SCC(=O)N2Cc2ccncc2)o1. The smallest absolute Gasteiger partial charge is 0.234 e. The topological polar surface area (TPSA) is 46.3 Å². The highest BCUT2D eigenvalue weighted by molar-refractivity contribution is 8.00. The van der Waals surface area contributed by atoms with Crippen LogP contribution in [0.15, 0.2) is 41.1 Å². The number of aromatic nitrogens is 1. The van der Waals surface area contributed by atoms with E-state index in [1.165, 1.54) is 0 Å². The Morgan fingerprint density at radius 1 is 1.35 bits per heavy atom. The number of thioether (sulfide) groups is 1. The Hall–Kier alpha value is -1.75. The van der Waals surface area contributed by atoms with Crippen LogP contribution in [0.1, 0.15) is 29.4 Å².